The van der Waals surface area contributed by atoms with Crippen molar-refractivity contribution in [3.63, 3.8) is 0 Å². The van der Waals surface area contributed by atoms with Gasteiger partial charge in [0.05, 0.1) is 10.7 Å². The van der Waals surface area contributed by atoms with Crippen molar-refractivity contribution >= 4 is 29.1 Å². The number of halogens is 1. The molecule has 25 heavy (non-hydrogen) atoms. The Morgan fingerprint density at radius 1 is 1.44 bits per heavy atom. The molecule has 7 nitrogen and oxygen atoms in total. The molecule has 0 radical (unpaired) electrons. The van der Waals surface area contributed by atoms with E-state index >= 15 is 0 Å². The first-order valence-corrected chi connectivity index (χ1v) is 8.34. The zero-order valence-electron chi connectivity index (χ0n) is 14.6. The van der Waals surface area contributed by atoms with Gasteiger partial charge in [0.1, 0.15) is 5.75 Å². The van der Waals surface area contributed by atoms with Crippen LogP contribution >= 0.6 is 11.6 Å². The monoisotopic (exact) mass is 366 g/mol. The molecular weight excluding hydrogens is 344 g/mol. The highest BCUT2D eigenvalue weighted by Gasteiger charge is 2.19. The van der Waals surface area contributed by atoms with Crippen LogP contribution in [0.15, 0.2) is 23.3 Å². The van der Waals surface area contributed by atoms with E-state index in [4.69, 9.17) is 22.1 Å². The molecule has 0 fully saturated rings. The van der Waals surface area contributed by atoms with Gasteiger partial charge in [-0.3, -0.25) is 9.59 Å². The third-order valence-corrected chi connectivity index (χ3v) is 3.89. The maximum absolute atomic E-state index is 12.1. The summed E-state index contributed by atoms with van der Waals surface area (Å²) in [6.45, 7) is 4.00. The van der Waals surface area contributed by atoms with E-state index in [9.17, 15) is 9.59 Å². The normalized spacial score (nSPS) is 14.6. The first kappa shape index (κ1) is 19.2. The van der Waals surface area contributed by atoms with Crippen LogP contribution in [-0.4, -0.2) is 48.2 Å². The number of rotatable bonds is 6. The van der Waals surface area contributed by atoms with E-state index < -0.39 is 5.54 Å². The number of ether oxygens (including phenoxy) is 1. The second-order valence-electron chi connectivity index (χ2n) is 6.77. The molecule has 2 amide bonds. The maximum Gasteiger partial charge on any atom is 0.260 e. The summed E-state index contributed by atoms with van der Waals surface area (Å²) in [5.41, 5.74) is 9.46. The maximum atomic E-state index is 12.1. The van der Waals surface area contributed by atoms with Crippen molar-refractivity contribution in [3.8, 4) is 5.75 Å². The van der Waals surface area contributed by atoms with Crippen molar-refractivity contribution in [1.82, 2.24) is 10.3 Å². The Morgan fingerprint density at radius 3 is 2.72 bits per heavy atom. The molecule has 0 aromatic heterocycles. The minimum Gasteiger partial charge on any atom is -0.482 e. The number of amides is 2. The molecule has 1 aliphatic rings. The molecule has 2 rings (SSSR count). The van der Waals surface area contributed by atoms with Gasteiger partial charge in [-0.1, -0.05) is 11.6 Å². The molecule has 1 aromatic rings. The molecule has 0 spiro atoms. The van der Waals surface area contributed by atoms with Gasteiger partial charge in [0.2, 0.25) is 5.91 Å². The number of hydrogen-bond acceptors (Lipinski definition) is 5. The van der Waals surface area contributed by atoms with E-state index in [0.29, 0.717) is 30.2 Å². The second kappa shape index (κ2) is 7.84. The number of nitrogens with two attached hydrogens (primary N) is 1. The lowest BCUT2D eigenvalue weighted by Crippen LogP contribution is -2.47. The average molecular weight is 367 g/mol. The largest absolute Gasteiger partial charge is 0.482 e. The molecule has 8 heteroatoms. The zero-order chi connectivity index (χ0) is 18.6. The molecule has 0 aliphatic carbocycles. The number of carbonyl (C=O) groups excluding carboxylic acids is 2. The Morgan fingerprint density at radius 2 is 2.16 bits per heavy atom. The molecule has 1 heterocycles. The molecule has 3 N–H and O–H groups in total. The fraction of sp³-hybridized carbons (Fsp3) is 0.471. The third-order valence-electron chi connectivity index (χ3n) is 3.59. The number of nitrogens with one attached hydrogen (secondary N) is 1. The molecule has 0 saturated heterocycles. The van der Waals surface area contributed by atoms with Crippen LogP contribution in [0.5, 0.6) is 5.75 Å². The summed E-state index contributed by atoms with van der Waals surface area (Å²) < 4.78 is 5.52. The minimum absolute atomic E-state index is 0.0990. The van der Waals surface area contributed by atoms with Gasteiger partial charge in [-0.2, -0.15) is 5.10 Å². The van der Waals surface area contributed by atoms with E-state index in [1.807, 2.05) is 13.8 Å². The van der Waals surface area contributed by atoms with Crippen molar-refractivity contribution in [3.05, 3.63) is 28.8 Å². The quantitative estimate of drug-likeness (QED) is 0.797. The minimum atomic E-state index is -0.472. The molecule has 1 aliphatic heterocycles. The number of hydrogen-bond donors (Lipinski definition) is 2. The molecule has 0 atom stereocenters. The first-order chi connectivity index (χ1) is 11.7. The summed E-state index contributed by atoms with van der Waals surface area (Å²) in [5.74, 6) is 0.135. The predicted molar refractivity (Wildman–Crippen MR) is 96.8 cm³/mol. The predicted octanol–water partition coefficient (Wildman–Crippen LogP) is 1.53. The van der Waals surface area contributed by atoms with Gasteiger partial charge in [0.15, 0.2) is 6.61 Å². The van der Waals surface area contributed by atoms with E-state index in [-0.39, 0.29) is 18.4 Å². The van der Waals surface area contributed by atoms with Gasteiger partial charge in [-0.15, -0.1) is 0 Å². The van der Waals surface area contributed by atoms with Crippen LogP contribution in [0.25, 0.3) is 0 Å². The van der Waals surface area contributed by atoms with Crippen molar-refractivity contribution in [2.75, 3.05) is 20.2 Å². The average Bonchev–Trinajstić information content (AvgIpc) is 2.52. The standard InChI is InChI=1S/C17H23ClN4O3/c1-17(2,19)10-22(3)16(24)9-25-14-6-4-11(8-12(14)18)13-5-7-15(23)21-20-13/h4,6,8H,5,7,9-10,19H2,1-3H3,(H,21,23). The van der Waals surface area contributed by atoms with Crippen LogP contribution in [0.4, 0.5) is 0 Å². The van der Waals surface area contributed by atoms with Gasteiger partial charge in [-0.05, 0) is 37.6 Å². The van der Waals surface area contributed by atoms with Crippen molar-refractivity contribution in [1.29, 1.82) is 0 Å². The summed E-state index contributed by atoms with van der Waals surface area (Å²) >= 11 is 6.23. The molecule has 0 bridgehead atoms. The smallest absolute Gasteiger partial charge is 0.260 e. The third kappa shape index (κ3) is 5.72. The number of hydrazone groups is 1. The van der Waals surface area contributed by atoms with Gasteiger partial charge < -0.3 is 15.4 Å². The van der Waals surface area contributed by atoms with E-state index in [1.165, 1.54) is 4.90 Å². The Kier molecular flexibility index (Phi) is 6.02. The lowest BCUT2D eigenvalue weighted by Gasteiger charge is -2.26. The summed E-state index contributed by atoms with van der Waals surface area (Å²) in [6, 6.07) is 5.20. The number of carbonyl (C=O) groups is 2. The summed E-state index contributed by atoms with van der Waals surface area (Å²) in [6.07, 6.45) is 0.952. The van der Waals surface area contributed by atoms with Crippen molar-refractivity contribution < 1.29 is 14.3 Å². The summed E-state index contributed by atoms with van der Waals surface area (Å²) in [5, 5.41) is 4.41. The van der Waals surface area contributed by atoms with Crippen LogP contribution < -0.4 is 15.9 Å². The highest BCUT2D eigenvalue weighted by atomic mass is 35.5. The van der Waals surface area contributed by atoms with Gasteiger partial charge in [0, 0.05) is 32.0 Å². The zero-order valence-corrected chi connectivity index (χ0v) is 15.4. The van der Waals surface area contributed by atoms with Crippen molar-refractivity contribution in [2.45, 2.75) is 32.2 Å². The van der Waals surface area contributed by atoms with Crippen LogP contribution in [-0.2, 0) is 9.59 Å². The lowest BCUT2D eigenvalue weighted by atomic mass is 10.0. The SMILES string of the molecule is CN(CC(C)(C)N)C(=O)COc1ccc(C2=NNC(=O)CC2)cc1Cl. The van der Waals surface area contributed by atoms with Crippen LogP contribution in [0.2, 0.25) is 5.02 Å². The Hall–Kier alpha value is -2.12. The lowest BCUT2D eigenvalue weighted by molar-refractivity contribution is -0.132. The molecule has 0 unspecified atom stereocenters. The number of nitrogens with zero attached hydrogens (tertiary/aromatic N) is 2. The molecule has 136 valence electrons. The Balaban J connectivity index is 1.97. The summed E-state index contributed by atoms with van der Waals surface area (Å²) in [7, 11) is 1.68. The molecule has 1 aromatic carbocycles. The van der Waals surface area contributed by atoms with Gasteiger partial charge in [0.25, 0.3) is 5.91 Å². The highest BCUT2D eigenvalue weighted by molar-refractivity contribution is 6.32. The van der Waals surface area contributed by atoms with Crippen LogP contribution in [0.3, 0.4) is 0 Å². The summed E-state index contributed by atoms with van der Waals surface area (Å²) in [4.78, 5) is 24.8. The molecular formula is C17H23ClN4O3. The Bertz CT molecular complexity index is 698. The van der Waals surface area contributed by atoms with Gasteiger partial charge in [-0.25, -0.2) is 5.43 Å². The van der Waals surface area contributed by atoms with Crippen LogP contribution in [0.1, 0.15) is 32.3 Å². The highest BCUT2D eigenvalue weighted by Crippen LogP contribution is 2.26. The van der Waals surface area contributed by atoms with Crippen molar-refractivity contribution in [2.24, 2.45) is 10.8 Å². The van der Waals surface area contributed by atoms with E-state index in [2.05, 4.69) is 10.5 Å². The molecule has 0 saturated carbocycles. The fourth-order valence-electron chi connectivity index (χ4n) is 2.43. The topological polar surface area (TPSA) is 97.0 Å². The van der Waals surface area contributed by atoms with E-state index in [1.54, 1.807) is 25.2 Å². The number of likely N-dealkylation sites (N-methyl/N-ethyl adjacent to an activating group) is 1. The fourth-order valence-corrected chi connectivity index (χ4v) is 2.66. The van der Waals surface area contributed by atoms with Gasteiger partial charge >= 0.3 is 0 Å². The first-order valence-electron chi connectivity index (χ1n) is 7.97. The number of benzene rings is 1. The Labute approximate surface area is 152 Å². The van der Waals surface area contributed by atoms with Crippen LogP contribution in [0, 0.1) is 0 Å². The van der Waals surface area contributed by atoms with E-state index in [0.717, 1.165) is 11.3 Å². The second-order valence-corrected chi connectivity index (χ2v) is 7.17.